The van der Waals surface area contributed by atoms with Crippen LogP contribution in [0.3, 0.4) is 0 Å². The van der Waals surface area contributed by atoms with Crippen molar-refractivity contribution in [3.05, 3.63) is 47.3 Å². The summed E-state index contributed by atoms with van der Waals surface area (Å²) in [6.45, 7) is 2.02. The zero-order valence-electron chi connectivity index (χ0n) is 16.4. The molecule has 154 valence electrons. The van der Waals surface area contributed by atoms with Gasteiger partial charge in [0.25, 0.3) is 5.91 Å². The van der Waals surface area contributed by atoms with E-state index in [4.69, 9.17) is 10.2 Å². The fourth-order valence-corrected chi connectivity index (χ4v) is 3.56. The number of hydrogen-bond donors (Lipinski definition) is 1. The summed E-state index contributed by atoms with van der Waals surface area (Å²) in [7, 11) is -2.14. The first-order chi connectivity index (χ1) is 13.6. The molecule has 2 heterocycles. The second kappa shape index (κ2) is 7.82. The predicted octanol–water partition coefficient (Wildman–Crippen LogP) is 3.47. The summed E-state index contributed by atoms with van der Waals surface area (Å²) in [6, 6.07) is 7.14. The maximum atomic E-state index is 13.3. The standard InChI is InChI=1S/C20H22FN3O4S/c1-4-5-6-13-11-15-16(18(22)25)17(12-7-9-14(21)10-8-12)28-20(15)23-19(13)24(2)29(3,26)27/h7-11H,4-6H2,1-3H3,(H2,22,25). The van der Waals surface area contributed by atoms with Crippen LogP contribution in [-0.2, 0) is 16.4 Å². The number of benzene rings is 1. The van der Waals surface area contributed by atoms with Crippen LogP contribution in [0.5, 0.6) is 0 Å². The van der Waals surface area contributed by atoms with Crippen LogP contribution in [0.2, 0.25) is 0 Å². The molecule has 0 saturated heterocycles. The number of rotatable bonds is 7. The van der Waals surface area contributed by atoms with Crippen LogP contribution in [0.1, 0.15) is 35.7 Å². The Balaban J connectivity index is 2.30. The first-order valence-corrected chi connectivity index (χ1v) is 10.9. The Kier molecular flexibility index (Phi) is 5.61. The number of carbonyl (C=O) groups is 1. The molecule has 1 amide bonds. The van der Waals surface area contributed by atoms with Gasteiger partial charge in [-0.3, -0.25) is 9.10 Å². The minimum absolute atomic E-state index is 0.0869. The molecule has 0 spiro atoms. The van der Waals surface area contributed by atoms with Crippen molar-refractivity contribution in [1.29, 1.82) is 0 Å². The number of anilines is 1. The lowest BCUT2D eigenvalue weighted by Crippen LogP contribution is -2.27. The van der Waals surface area contributed by atoms with Gasteiger partial charge in [-0.1, -0.05) is 13.3 Å². The predicted molar refractivity (Wildman–Crippen MR) is 110 cm³/mol. The highest BCUT2D eigenvalue weighted by Gasteiger charge is 2.25. The van der Waals surface area contributed by atoms with Gasteiger partial charge in [-0.15, -0.1) is 0 Å². The second-order valence-electron chi connectivity index (χ2n) is 6.84. The third-order valence-corrected chi connectivity index (χ3v) is 5.85. The minimum Gasteiger partial charge on any atom is -0.437 e. The molecule has 3 aromatic rings. The van der Waals surface area contributed by atoms with E-state index in [9.17, 15) is 17.6 Å². The number of nitrogens with zero attached hydrogens (tertiary/aromatic N) is 2. The Bertz CT molecular complexity index is 1170. The smallest absolute Gasteiger partial charge is 0.253 e. The molecule has 2 N–H and O–H groups in total. The Hall–Kier alpha value is -2.94. The summed E-state index contributed by atoms with van der Waals surface area (Å²) >= 11 is 0. The van der Waals surface area contributed by atoms with Crippen LogP contribution in [0.25, 0.3) is 22.4 Å². The largest absolute Gasteiger partial charge is 0.437 e. The molecule has 2 aromatic heterocycles. The zero-order valence-corrected chi connectivity index (χ0v) is 17.2. The fraction of sp³-hybridized carbons (Fsp3) is 0.300. The number of aryl methyl sites for hydroxylation is 1. The molecule has 0 aliphatic heterocycles. The number of unbranched alkanes of at least 4 members (excludes halogenated alkanes) is 1. The summed E-state index contributed by atoms with van der Waals surface area (Å²) in [5.74, 6) is -0.734. The highest BCUT2D eigenvalue weighted by atomic mass is 32.2. The van der Waals surface area contributed by atoms with Gasteiger partial charge in [0.05, 0.1) is 17.2 Å². The van der Waals surface area contributed by atoms with Crippen LogP contribution in [-0.4, -0.2) is 32.6 Å². The molecule has 0 atom stereocenters. The number of pyridine rings is 1. The van der Waals surface area contributed by atoms with E-state index in [-0.39, 0.29) is 22.9 Å². The SMILES string of the molecule is CCCCc1cc2c(C(N)=O)c(-c3ccc(F)cc3)oc2nc1N(C)S(C)(=O)=O. The van der Waals surface area contributed by atoms with Gasteiger partial charge >= 0.3 is 0 Å². The van der Waals surface area contributed by atoms with Crippen molar-refractivity contribution < 1.29 is 22.0 Å². The highest BCUT2D eigenvalue weighted by Crippen LogP contribution is 2.36. The van der Waals surface area contributed by atoms with Crippen LogP contribution >= 0.6 is 0 Å². The van der Waals surface area contributed by atoms with Crippen molar-refractivity contribution in [3.63, 3.8) is 0 Å². The van der Waals surface area contributed by atoms with E-state index in [0.717, 1.165) is 23.4 Å². The minimum atomic E-state index is -3.55. The highest BCUT2D eigenvalue weighted by molar-refractivity contribution is 7.92. The molecule has 0 radical (unpaired) electrons. The number of primary amides is 1. The van der Waals surface area contributed by atoms with E-state index in [2.05, 4.69) is 4.98 Å². The lowest BCUT2D eigenvalue weighted by Gasteiger charge is -2.19. The van der Waals surface area contributed by atoms with Gasteiger partial charge in [0.15, 0.2) is 0 Å². The first-order valence-electron chi connectivity index (χ1n) is 9.09. The molecule has 0 aliphatic carbocycles. The van der Waals surface area contributed by atoms with Crippen LogP contribution in [0.4, 0.5) is 10.2 Å². The molecule has 3 rings (SSSR count). The molecular formula is C20H22FN3O4S. The van der Waals surface area contributed by atoms with E-state index in [1.54, 1.807) is 6.07 Å². The van der Waals surface area contributed by atoms with E-state index in [0.29, 0.717) is 22.9 Å². The lowest BCUT2D eigenvalue weighted by molar-refractivity contribution is 0.100. The van der Waals surface area contributed by atoms with Gasteiger partial charge < -0.3 is 10.2 Å². The van der Waals surface area contributed by atoms with Crippen LogP contribution in [0, 0.1) is 5.82 Å². The number of amides is 1. The summed E-state index contributed by atoms with van der Waals surface area (Å²) in [6.07, 6.45) is 3.37. The molecule has 0 fully saturated rings. The number of nitrogens with two attached hydrogens (primary N) is 1. The van der Waals surface area contributed by atoms with Gasteiger partial charge in [0.1, 0.15) is 17.4 Å². The van der Waals surface area contributed by atoms with Crippen LogP contribution < -0.4 is 10.0 Å². The maximum absolute atomic E-state index is 13.3. The molecule has 0 bridgehead atoms. The molecule has 9 heteroatoms. The average molecular weight is 419 g/mol. The Morgan fingerprint density at radius 3 is 2.48 bits per heavy atom. The topological polar surface area (TPSA) is 106 Å². The van der Waals surface area contributed by atoms with Gasteiger partial charge in [-0.05, 0) is 48.7 Å². The summed E-state index contributed by atoms with van der Waals surface area (Å²) in [4.78, 5) is 16.6. The number of aromatic nitrogens is 1. The molecule has 0 saturated carbocycles. The monoisotopic (exact) mass is 419 g/mol. The number of sulfonamides is 1. The van der Waals surface area contributed by atoms with Gasteiger partial charge in [0.2, 0.25) is 15.7 Å². The Labute approximate surface area is 168 Å². The molecular weight excluding hydrogens is 397 g/mol. The third kappa shape index (κ3) is 4.09. The summed E-state index contributed by atoms with van der Waals surface area (Å²) < 4.78 is 44.3. The van der Waals surface area contributed by atoms with Gasteiger partial charge in [-0.2, -0.15) is 4.98 Å². The Morgan fingerprint density at radius 1 is 1.28 bits per heavy atom. The zero-order chi connectivity index (χ0) is 21.3. The summed E-state index contributed by atoms with van der Waals surface area (Å²) in [5.41, 5.74) is 6.95. The molecule has 29 heavy (non-hydrogen) atoms. The molecule has 1 aromatic carbocycles. The molecule has 7 nitrogen and oxygen atoms in total. The second-order valence-corrected chi connectivity index (χ2v) is 8.85. The van der Waals surface area contributed by atoms with E-state index in [1.165, 1.54) is 31.3 Å². The van der Waals surface area contributed by atoms with Crippen molar-refractivity contribution in [2.75, 3.05) is 17.6 Å². The first kappa shape index (κ1) is 20.8. The van der Waals surface area contributed by atoms with E-state index >= 15 is 0 Å². The van der Waals surface area contributed by atoms with E-state index < -0.39 is 21.7 Å². The van der Waals surface area contributed by atoms with Gasteiger partial charge in [-0.25, -0.2) is 12.8 Å². The van der Waals surface area contributed by atoms with Crippen molar-refractivity contribution in [3.8, 4) is 11.3 Å². The van der Waals surface area contributed by atoms with Crippen LogP contribution in [0.15, 0.2) is 34.7 Å². The third-order valence-electron chi connectivity index (χ3n) is 4.69. The lowest BCUT2D eigenvalue weighted by atomic mass is 10.0. The number of furan rings is 1. The average Bonchev–Trinajstić information content (AvgIpc) is 3.03. The number of fused-ring (bicyclic) bond motifs is 1. The number of halogens is 1. The van der Waals surface area contributed by atoms with E-state index in [1.807, 2.05) is 6.92 Å². The molecule has 0 aliphatic rings. The number of carbonyl (C=O) groups excluding carboxylic acids is 1. The fourth-order valence-electron chi connectivity index (χ4n) is 3.09. The van der Waals surface area contributed by atoms with Crippen molar-refractivity contribution >= 4 is 32.8 Å². The normalized spacial score (nSPS) is 11.7. The number of hydrogen-bond acceptors (Lipinski definition) is 5. The van der Waals surface area contributed by atoms with Crippen molar-refractivity contribution in [2.24, 2.45) is 5.73 Å². The molecule has 0 unspecified atom stereocenters. The van der Waals surface area contributed by atoms with Gasteiger partial charge in [0, 0.05) is 12.6 Å². The van der Waals surface area contributed by atoms with Crippen molar-refractivity contribution in [1.82, 2.24) is 4.98 Å². The quantitative estimate of drug-likeness (QED) is 0.631. The van der Waals surface area contributed by atoms with Crippen molar-refractivity contribution in [2.45, 2.75) is 26.2 Å². The Morgan fingerprint density at radius 2 is 1.93 bits per heavy atom. The maximum Gasteiger partial charge on any atom is 0.253 e. The summed E-state index contributed by atoms with van der Waals surface area (Å²) in [5, 5.41) is 0.397.